The first-order chi connectivity index (χ1) is 13.8. The van der Waals surface area contributed by atoms with Crippen molar-refractivity contribution < 1.29 is 18.0 Å². The van der Waals surface area contributed by atoms with Gasteiger partial charge in [0.1, 0.15) is 0 Å². The summed E-state index contributed by atoms with van der Waals surface area (Å²) in [5, 5.41) is 0. The Bertz CT molecular complexity index is 1100. The maximum Gasteiger partial charge on any atom is 0.258 e. The number of benzene rings is 2. The van der Waals surface area contributed by atoms with E-state index >= 15 is 0 Å². The summed E-state index contributed by atoms with van der Waals surface area (Å²) in [4.78, 5) is 29.1. The molecule has 0 bridgehead atoms. The highest BCUT2D eigenvalue weighted by Gasteiger charge is 2.31. The maximum atomic E-state index is 12.9. The molecule has 29 heavy (non-hydrogen) atoms. The van der Waals surface area contributed by atoms with Crippen molar-refractivity contribution in [1.82, 2.24) is 4.90 Å². The van der Waals surface area contributed by atoms with Crippen molar-refractivity contribution in [2.24, 2.45) is 0 Å². The third-order valence-corrected chi connectivity index (χ3v) is 6.60. The highest BCUT2D eigenvalue weighted by atomic mass is 32.2. The van der Waals surface area contributed by atoms with Gasteiger partial charge >= 0.3 is 0 Å². The Hall–Kier alpha value is -2.93. The highest BCUT2D eigenvalue weighted by Crippen LogP contribution is 2.32. The van der Waals surface area contributed by atoms with Gasteiger partial charge in [0.2, 0.25) is 5.91 Å². The Balaban J connectivity index is 1.50. The van der Waals surface area contributed by atoms with Crippen molar-refractivity contribution in [2.45, 2.75) is 24.2 Å². The van der Waals surface area contributed by atoms with Gasteiger partial charge in [-0.05, 0) is 42.7 Å². The number of amides is 2. The first-order valence-corrected chi connectivity index (χ1v) is 11.4. The van der Waals surface area contributed by atoms with Gasteiger partial charge < -0.3 is 9.80 Å². The number of carbonyl (C=O) groups is 2. The summed E-state index contributed by atoms with van der Waals surface area (Å²) in [6.45, 7) is 4.85. The number of aryl methyl sites for hydroxylation is 1. The molecular formula is C22H22N2O4S. The molecule has 0 unspecified atom stereocenters. The number of rotatable bonds is 4. The minimum Gasteiger partial charge on any atom is -0.312 e. The molecule has 2 aliphatic rings. The number of sulfone groups is 1. The molecule has 0 spiro atoms. The topological polar surface area (TPSA) is 74.8 Å². The minimum atomic E-state index is -3.29. The van der Waals surface area contributed by atoms with Gasteiger partial charge in [-0.3, -0.25) is 9.59 Å². The van der Waals surface area contributed by atoms with Crippen LogP contribution < -0.4 is 4.90 Å². The molecule has 150 valence electrons. The van der Waals surface area contributed by atoms with Crippen LogP contribution in [0.3, 0.4) is 0 Å². The Kier molecular flexibility index (Phi) is 4.78. The van der Waals surface area contributed by atoms with Crippen LogP contribution in [0.5, 0.6) is 0 Å². The number of hydrogen-bond donors (Lipinski definition) is 0. The van der Waals surface area contributed by atoms with Crippen molar-refractivity contribution in [3.8, 4) is 0 Å². The summed E-state index contributed by atoms with van der Waals surface area (Å²) >= 11 is 0. The molecule has 0 N–H and O–H groups in total. The maximum absolute atomic E-state index is 12.9. The summed E-state index contributed by atoms with van der Waals surface area (Å²) < 4.78 is 23.6. The molecule has 0 fully saturated rings. The summed E-state index contributed by atoms with van der Waals surface area (Å²) in [5.74, 6) is -0.218. The zero-order chi connectivity index (χ0) is 20.8. The van der Waals surface area contributed by atoms with Crippen LogP contribution in [0.1, 0.15) is 34.3 Å². The van der Waals surface area contributed by atoms with Gasteiger partial charge in [-0.15, -0.1) is 0 Å². The Morgan fingerprint density at radius 3 is 2.55 bits per heavy atom. The third kappa shape index (κ3) is 3.46. The molecule has 0 atom stereocenters. The van der Waals surface area contributed by atoms with Crippen LogP contribution in [-0.2, 0) is 21.1 Å². The molecule has 7 heteroatoms. The standard InChI is InChI=1S/C22H22N2O4S/c1-15-18-7-3-4-8-19(18)22(26)23(15)13-11-21(25)24-12-5-6-16-14-17(29(2,27)28)9-10-20(16)24/h3-4,7-10,14H,1,5-6,11-13H2,2H3. The van der Waals surface area contributed by atoms with Crippen LogP contribution in [-0.4, -0.2) is 44.5 Å². The van der Waals surface area contributed by atoms with E-state index in [1.807, 2.05) is 18.2 Å². The zero-order valence-corrected chi connectivity index (χ0v) is 17.0. The molecule has 2 amide bonds. The van der Waals surface area contributed by atoms with E-state index in [1.54, 1.807) is 34.1 Å². The molecule has 2 aromatic rings. The summed E-state index contributed by atoms with van der Waals surface area (Å²) in [7, 11) is -3.29. The molecule has 0 saturated carbocycles. The largest absolute Gasteiger partial charge is 0.312 e. The van der Waals surface area contributed by atoms with Gasteiger partial charge in [-0.25, -0.2) is 8.42 Å². The van der Waals surface area contributed by atoms with Crippen molar-refractivity contribution in [3.63, 3.8) is 0 Å². The molecule has 2 aromatic carbocycles. The lowest BCUT2D eigenvalue weighted by Crippen LogP contribution is -2.37. The summed E-state index contributed by atoms with van der Waals surface area (Å²) in [6.07, 6.45) is 2.86. The predicted octanol–water partition coefficient (Wildman–Crippen LogP) is 2.89. The molecule has 6 nitrogen and oxygen atoms in total. The van der Waals surface area contributed by atoms with Crippen molar-refractivity contribution in [2.75, 3.05) is 24.2 Å². The number of hydrogen-bond acceptors (Lipinski definition) is 4. The molecule has 2 heterocycles. The molecule has 2 aliphatic heterocycles. The van der Waals surface area contributed by atoms with E-state index in [2.05, 4.69) is 6.58 Å². The van der Waals surface area contributed by atoms with Crippen LogP contribution in [0.4, 0.5) is 5.69 Å². The molecule has 0 saturated heterocycles. The number of nitrogens with zero attached hydrogens (tertiary/aromatic N) is 2. The fourth-order valence-electron chi connectivity index (χ4n) is 3.98. The zero-order valence-electron chi connectivity index (χ0n) is 16.2. The van der Waals surface area contributed by atoms with Crippen molar-refractivity contribution in [1.29, 1.82) is 0 Å². The first kappa shape index (κ1) is 19.4. The normalized spacial score (nSPS) is 16.0. The summed E-state index contributed by atoms with van der Waals surface area (Å²) in [6, 6.07) is 12.2. The number of carbonyl (C=O) groups excluding carboxylic acids is 2. The SMILES string of the molecule is C=C1c2ccccc2C(=O)N1CCC(=O)N1CCCc2cc(S(C)(=O)=O)ccc21. The van der Waals surface area contributed by atoms with Crippen LogP contribution in [0.25, 0.3) is 5.70 Å². The van der Waals surface area contributed by atoms with Crippen LogP contribution in [0, 0.1) is 0 Å². The fraction of sp³-hybridized carbons (Fsp3) is 0.273. The monoisotopic (exact) mass is 410 g/mol. The van der Waals surface area contributed by atoms with Crippen LogP contribution in [0.2, 0.25) is 0 Å². The van der Waals surface area contributed by atoms with E-state index in [0.717, 1.165) is 29.7 Å². The Labute approximate surface area is 170 Å². The minimum absolute atomic E-state index is 0.0883. The highest BCUT2D eigenvalue weighted by molar-refractivity contribution is 7.90. The number of fused-ring (bicyclic) bond motifs is 2. The second kappa shape index (κ2) is 7.15. The summed E-state index contributed by atoms with van der Waals surface area (Å²) in [5.41, 5.74) is 3.66. The smallest absolute Gasteiger partial charge is 0.258 e. The van der Waals surface area contributed by atoms with Gasteiger partial charge in [-0.2, -0.15) is 0 Å². The molecular weight excluding hydrogens is 388 g/mol. The third-order valence-electron chi connectivity index (χ3n) is 5.49. The Morgan fingerprint density at radius 2 is 1.86 bits per heavy atom. The lowest BCUT2D eigenvalue weighted by Gasteiger charge is -2.30. The van der Waals surface area contributed by atoms with Gasteiger partial charge in [-0.1, -0.05) is 24.8 Å². The van der Waals surface area contributed by atoms with E-state index in [4.69, 9.17) is 0 Å². The van der Waals surface area contributed by atoms with Gasteiger partial charge in [0, 0.05) is 48.3 Å². The van der Waals surface area contributed by atoms with Crippen LogP contribution in [0.15, 0.2) is 53.9 Å². The number of anilines is 1. The lowest BCUT2D eigenvalue weighted by molar-refractivity contribution is -0.118. The van der Waals surface area contributed by atoms with Crippen molar-refractivity contribution >= 4 is 33.0 Å². The van der Waals surface area contributed by atoms with Gasteiger partial charge in [0.25, 0.3) is 5.91 Å². The van der Waals surface area contributed by atoms with Crippen molar-refractivity contribution in [3.05, 3.63) is 65.7 Å². The average molecular weight is 410 g/mol. The first-order valence-electron chi connectivity index (χ1n) is 9.51. The van der Waals surface area contributed by atoms with E-state index in [0.29, 0.717) is 17.8 Å². The lowest BCUT2D eigenvalue weighted by atomic mass is 10.0. The second-order valence-electron chi connectivity index (χ2n) is 7.41. The van der Waals surface area contributed by atoms with Gasteiger partial charge in [0.05, 0.1) is 4.90 Å². The van der Waals surface area contributed by atoms with Gasteiger partial charge in [0.15, 0.2) is 9.84 Å². The molecule has 0 aliphatic carbocycles. The molecule has 0 aromatic heterocycles. The van der Waals surface area contributed by atoms with E-state index in [-0.39, 0.29) is 29.7 Å². The fourth-order valence-corrected chi connectivity index (χ4v) is 4.65. The van der Waals surface area contributed by atoms with E-state index < -0.39 is 9.84 Å². The van der Waals surface area contributed by atoms with E-state index in [9.17, 15) is 18.0 Å². The predicted molar refractivity (Wildman–Crippen MR) is 111 cm³/mol. The van der Waals surface area contributed by atoms with E-state index in [1.165, 1.54) is 6.26 Å². The molecule has 0 radical (unpaired) electrons. The second-order valence-corrected chi connectivity index (χ2v) is 9.43. The quantitative estimate of drug-likeness (QED) is 0.777. The Morgan fingerprint density at radius 1 is 1.14 bits per heavy atom. The van der Waals surface area contributed by atoms with Crippen LogP contribution >= 0.6 is 0 Å². The average Bonchev–Trinajstić information content (AvgIpc) is 2.95. The molecule has 4 rings (SSSR count).